The molecule has 19 heavy (non-hydrogen) atoms. The molecule has 0 spiro atoms. The highest BCUT2D eigenvalue weighted by Gasteiger charge is 2.01. The van der Waals surface area contributed by atoms with Gasteiger partial charge in [-0.3, -0.25) is 4.68 Å². The zero-order valence-corrected chi connectivity index (χ0v) is 12.4. The Hall–Kier alpha value is -1.32. The predicted molar refractivity (Wildman–Crippen MR) is 81.7 cm³/mol. The molecular formula is C15H22ClN3. The Morgan fingerprint density at radius 1 is 1.16 bits per heavy atom. The van der Waals surface area contributed by atoms with Crippen LogP contribution in [0, 0.1) is 0 Å². The smallest absolute Gasteiger partial charge is 0.0762 e. The van der Waals surface area contributed by atoms with Gasteiger partial charge in [0.25, 0.3) is 0 Å². The Labute approximate surface area is 121 Å². The topological polar surface area (TPSA) is 29.9 Å². The second-order valence-electron chi connectivity index (χ2n) is 4.79. The lowest BCUT2D eigenvalue weighted by atomic mass is 10.1. The van der Waals surface area contributed by atoms with Gasteiger partial charge in [0.1, 0.15) is 0 Å². The van der Waals surface area contributed by atoms with Crippen molar-refractivity contribution in [2.45, 2.75) is 32.9 Å². The van der Waals surface area contributed by atoms with Crippen LogP contribution in [0.4, 0.5) is 0 Å². The Kier molecular flexibility index (Phi) is 6.60. The van der Waals surface area contributed by atoms with Crippen molar-refractivity contribution in [3.05, 3.63) is 53.9 Å². The standard InChI is InChI=1S/C15H21N3.ClH/c1-13(2)18-11-9-15(17-18)12-16-10-8-14-6-4-3-5-7-14;/h3-7,9,11,13,16H,8,10,12H2,1-2H3;1H. The van der Waals surface area contributed by atoms with Crippen LogP contribution in [-0.4, -0.2) is 16.3 Å². The summed E-state index contributed by atoms with van der Waals surface area (Å²) in [4.78, 5) is 0. The van der Waals surface area contributed by atoms with Crippen LogP contribution in [-0.2, 0) is 13.0 Å². The summed E-state index contributed by atoms with van der Waals surface area (Å²) in [6, 6.07) is 13.1. The molecule has 0 amide bonds. The van der Waals surface area contributed by atoms with Crippen LogP contribution in [0.25, 0.3) is 0 Å². The van der Waals surface area contributed by atoms with Gasteiger partial charge in [-0.05, 0) is 38.4 Å². The van der Waals surface area contributed by atoms with Crippen molar-refractivity contribution >= 4 is 12.4 Å². The van der Waals surface area contributed by atoms with E-state index in [2.05, 4.69) is 60.7 Å². The maximum absolute atomic E-state index is 4.51. The molecule has 1 aromatic carbocycles. The van der Waals surface area contributed by atoms with Gasteiger partial charge in [-0.25, -0.2) is 0 Å². The molecular weight excluding hydrogens is 258 g/mol. The summed E-state index contributed by atoms with van der Waals surface area (Å²) in [5.74, 6) is 0. The Morgan fingerprint density at radius 2 is 1.89 bits per heavy atom. The van der Waals surface area contributed by atoms with Crippen LogP contribution < -0.4 is 5.32 Å². The minimum Gasteiger partial charge on any atom is -0.311 e. The molecule has 0 unspecified atom stereocenters. The van der Waals surface area contributed by atoms with Crippen LogP contribution in [0.1, 0.15) is 31.1 Å². The third kappa shape index (κ3) is 5.05. The number of hydrogen-bond donors (Lipinski definition) is 1. The zero-order valence-electron chi connectivity index (χ0n) is 11.5. The molecule has 4 heteroatoms. The summed E-state index contributed by atoms with van der Waals surface area (Å²) >= 11 is 0. The fourth-order valence-electron chi connectivity index (χ4n) is 1.85. The lowest BCUT2D eigenvalue weighted by molar-refractivity contribution is 0.521. The summed E-state index contributed by atoms with van der Waals surface area (Å²) in [7, 11) is 0. The number of rotatable bonds is 6. The maximum Gasteiger partial charge on any atom is 0.0762 e. The minimum atomic E-state index is 0. The zero-order chi connectivity index (χ0) is 12.8. The van der Waals surface area contributed by atoms with Gasteiger partial charge in [-0.15, -0.1) is 12.4 Å². The molecule has 0 atom stereocenters. The molecule has 0 fully saturated rings. The van der Waals surface area contributed by atoms with Gasteiger partial charge in [-0.1, -0.05) is 30.3 Å². The molecule has 2 rings (SSSR count). The highest BCUT2D eigenvalue weighted by Crippen LogP contribution is 2.04. The molecule has 1 aromatic heterocycles. The van der Waals surface area contributed by atoms with E-state index in [0.717, 1.165) is 25.2 Å². The van der Waals surface area contributed by atoms with E-state index in [1.807, 2.05) is 10.9 Å². The fourth-order valence-corrected chi connectivity index (χ4v) is 1.85. The average Bonchev–Trinajstić information content (AvgIpc) is 2.85. The summed E-state index contributed by atoms with van der Waals surface area (Å²) in [5.41, 5.74) is 2.48. The van der Waals surface area contributed by atoms with E-state index in [9.17, 15) is 0 Å². The van der Waals surface area contributed by atoms with Crippen molar-refractivity contribution in [2.75, 3.05) is 6.54 Å². The van der Waals surface area contributed by atoms with E-state index in [4.69, 9.17) is 0 Å². The number of nitrogens with zero attached hydrogens (tertiary/aromatic N) is 2. The minimum absolute atomic E-state index is 0. The van der Waals surface area contributed by atoms with Gasteiger partial charge in [0.2, 0.25) is 0 Å². The van der Waals surface area contributed by atoms with Crippen LogP contribution in [0.15, 0.2) is 42.6 Å². The summed E-state index contributed by atoms with van der Waals surface area (Å²) < 4.78 is 1.99. The predicted octanol–water partition coefficient (Wildman–Crippen LogP) is 3.22. The Balaban J connectivity index is 0.00000180. The van der Waals surface area contributed by atoms with E-state index in [1.165, 1.54) is 5.56 Å². The van der Waals surface area contributed by atoms with Crippen molar-refractivity contribution in [3.63, 3.8) is 0 Å². The van der Waals surface area contributed by atoms with E-state index in [-0.39, 0.29) is 12.4 Å². The van der Waals surface area contributed by atoms with Crippen LogP contribution in [0.2, 0.25) is 0 Å². The Bertz CT molecular complexity index is 465. The van der Waals surface area contributed by atoms with Gasteiger partial charge in [0.15, 0.2) is 0 Å². The molecule has 1 N–H and O–H groups in total. The molecule has 0 saturated heterocycles. The number of benzene rings is 1. The fraction of sp³-hybridized carbons (Fsp3) is 0.400. The van der Waals surface area contributed by atoms with E-state index in [1.54, 1.807) is 0 Å². The molecule has 1 heterocycles. The molecule has 0 aliphatic rings. The molecule has 0 radical (unpaired) electrons. The van der Waals surface area contributed by atoms with Gasteiger partial charge in [0.05, 0.1) is 5.69 Å². The molecule has 3 nitrogen and oxygen atoms in total. The van der Waals surface area contributed by atoms with Crippen molar-refractivity contribution in [3.8, 4) is 0 Å². The summed E-state index contributed by atoms with van der Waals surface area (Å²) in [6.07, 6.45) is 3.10. The largest absolute Gasteiger partial charge is 0.311 e. The molecule has 0 bridgehead atoms. The first-order valence-electron chi connectivity index (χ1n) is 6.54. The third-order valence-electron chi connectivity index (χ3n) is 2.93. The van der Waals surface area contributed by atoms with Crippen LogP contribution >= 0.6 is 12.4 Å². The van der Waals surface area contributed by atoms with Gasteiger partial charge in [-0.2, -0.15) is 5.10 Å². The number of halogens is 1. The number of nitrogens with one attached hydrogen (secondary N) is 1. The maximum atomic E-state index is 4.51. The van der Waals surface area contributed by atoms with E-state index in [0.29, 0.717) is 6.04 Å². The first kappa shape index (κ1) is 15.7. The second kappa shape index (κ2) is 7.97. The molecule has 0 aliphatic carbocycles. The molecule has 104 valence electrons. The van der Waals surface area contributed by atoms with Crippen molar-refractivity contribution < 1.29 is 0 Å². The summed E-state index contributed by atoms with van der Waals surface area (Å²) in [5, 5.41) is 7.94. The third-order valence-corrected chi connectivity index (χ3v) is 2.93. The molecule has 2 aromatic rings. The first-order chi connectivity index (χ1) is 8.75. The highest BCUT2D eigenvalue weighted by molar-refractivity contribution is 5.85. The molecule has 0 aliphatic heterocycles. The average molecular weight is 280 g/mol. The second-order valence-corrected chi connectivity index (χ2v) is 4.79. The first-order valence-corrected chi connectivity index (χ1v) is 6.54. The quantitative estimate of drug-likeness (QED) is 0.823. The molecule has 0 saturated carbocycles. The van der Waals surface area contributed by atoms with Crippen molar-refractivity contribution in [1.29, 1.82) is 0 Å². The SMILES string of the molecule is CC(C)n1ccc(CNCCc2ccccc2)n1.Cl. The van der Waals surface area contributed by atoms with E-state index >= 15 is 0 Å². The van der Waals surface area contributed by atoms with Gasteiger partial charge in [0, 0.05) is 18.8 Å². The van der Waals surface area contributed by atoms with Crippen molar-refractivity contribution in [2.24, 2.45) is 0 Å². The number of hydrogen-bond acceptors (Lipinski definition) is 2. The monoisotopic (exact) mass is 279 g/mol. The van der Waals surface area contributed by atoms with Gasteiger partial charge >= 0.3 is 0 Å². The lowest BCUT2D eigenvalue weighted by Crippen LogP contribution is -2.17. The Morgan fingerprint density at radius 3 is 2.53 bits per heavy atom. The normalized spacial score (nSPS) is 10.5. The van der Waals surface area contributed by atoms with E-state index < -0.39 is 0 Å². The highest BCUT2D eigenvalue weighted by atomic mass is 35.5. The van der Waals surface area contributed by atoms with Crippen molar-refractivity contribution in [1.82, 2.24) is 15.1 Å². The number of aromatic nitrogens is 2. The van der Waals surface area contributed by atoms with Crippen LogP contribution in [0.3, 0.4) is 0 Å². The van der Waals surface area contributed by atoms with Crippen LogP contribution in [0.5, 0.6) is 0 Å². The summed E-state index contributed by atoms with van der Waals surface area (Å²) in [6.45, 7) is 6.10. The lowest BCUT2D eigenvalue weighted by Gasteiger charge is -2.05. The van der Waals surface area contributed by atoms with Gasteiger partial charge < -0.3 is 5.32 Å².